The van der Waals surface area contributed by atoms with Crippen molar-refractivity contribution in [2.24, 2.45) is 0 Å². The second-order valence-electron chi connectivity index (χ2n) is 3.84. The van der Waals surface area contributed by atoms with E-state index >= 15 is 0 Å². The molecule has 0 fully saturated rings. The first kappa shape index (κ1) is 14.9. The van der Waals surface area contributed by atoms with Crippen molar-refractivity contribution in [2.45, 2.75) is 25.4 Å². The number of hydrogen-bond acceptors (Lipinski definition) is 2. The first-order valence-corrected chi connectivity index (χ1v) is 5.92. The maximum atomic E-state index is 11.9. The number of aldehydes is 1. The van der Waals surface area contributed by atoms with Crippen molar-refractivity contribution in [1.82, 2.24) is 0 Å². The molecule has 1 rings (SSSR count). The average molecular weight is 323 g/mol. The number of Topliss-reactive ketones (excluding diaryl/α,β-unsaturated/α-hetero) is 1. The molecule has 0 radical (unpaired) electrons. The number of ketones is 1. The molecule has 0 saturated heterocycles. The summed E-state index contributed by atoms with van der Waals surface area (Å²) < 4.78 is 36.4. The van der Waals surface area contributed by atoms with Gasteiger partial charge in [-0.2, -0.15) is 13.2 Å². The fourth-order valence-electron chi connectivity index (χ4n) is 1.44. The molecule has 2 nitrogen and oxygen atoms in total. The second-order valence-corrected chi connectivity index (χ2v) is 4.76. The number of hydrogen-bond donors (Lipinski definition) is 0. The van der Waals surface area contributed by atoms with Gasteiger partial charge in [-0.25, -0.2) is 0 Å². The van der Waals surface area contributed by atoms with Crippen molar-refractivity contribution in [3.8, 4) is 0 Å². The maximum Gasteiger partial charge on any atom is 0.389 e. The third-order valence-corrected chi connectivity index (χ3v) is 2.66. The van der Waals surface area contributed by atoms with Crippen LogP contribution in [0.4, 0.5) is 13.2 Å². The molecule has 98 valence electrons. The van der Waals surface area contributed by atoms with E-state index in [9.17, 15) is 22.8 Å². The van der Waals surface area contributed by atoms with Gasteiger partial charge >= 0.3 is 6.18 Å². The Morgan fingerprint density at radius 2 is 1.94 bits per heavy atom. The monoisotopic (exact) mass is 322 g/mol. The summed E-state index contributed by atoms with van der Waals surface area (Å²) in [6.45, 7) is 0. The second kappa shape index (κ2) is 6.13. The van der Waals surface area contributed by atoms with Gasteiger partial charge in [-0.05, 0) is 23.8 Å². The minimum atomic E-state index is -4.32. The van der Waals surface area contributed by atoms with Gasteiger partial charge in [0.05, 0.1) is 6.42 Å². The quantitative estimate of drug-likeness (QED) is 0.774. The Labute approximate surface area is 110 Å². The van der Waals surface area contributed by atoms with Crippen molar-refractivity contribution in [3.05, 3.63) is 33.8 Å². The molecule has 18 heavy (non-hydrogen) atoms. The molecule has 6 heteroatoms. The molecule has 0 aliphatic rings. The van der Waals surface area contributed by atoms with Gasteiger partial charge in [-0.3, -0.25) is 9.59 Å². The predicted molar refractivity (Wildman–Crippen MR) is 63.5 cm³/mol. The molecule has 1 aromatic rings. The van der Waals surface area contributed by atoms with Crippen LogP contribution in [0, 0.1) is 0 Å². The lowest BCUT2D eigenvalue weighted by Crippen LogP contribution is -2.12. The van der Waals surface area contributed by atoms with Crippen LogP contribution in [0.2, 0.25) is 0 Å². The number of benzene rings is 1. The molecule has 0 aliphatic heterocycles. The normalized spacial score (nSPS) is 11.3. The molecule has 0 amide bonds. The van der Waals surface area contributed by atoms with Crippen LogP contribution in [0.25, 0.3) is 0 Å². The van der Waals surface area contributed by atoms with Crippen LogP contribution in [0.1, 0.15) is 28.8 Å². The van der Waals surface area contributed by atoms with E-state index < -0.39 is 24.8 Å². The Hall–Kier alpha value is -1.17. The number of carbonyl (C=O) groups excluding carboxylic acids is 2. The highest BCUT2D eigenvalue weighted by Gasteiger charge is 2.27. The Morgan fingerprint density at radius 1 is 1.28 bits per heavy atom. The lowest BCUT2D eigenvalue weighted by atomic mass is 10.0. The van der Waals surface area contributed by atoms with Gasteiger partial charge < -0.3 is 0 Å². The van der Waals surface area contributed by atoms with Crippen LogP contribution in [0.15, 0.2) is 22.7 Å². The van der Waals surface area contributed by atoms with E-state index in [-0.39, 0.29) is 6.42 Å². The van der Waals surface area contributed by atoms with Gasteiger partial charge in [0, 0.05) is 22.9 Å². The summed E-state index contributed by atoms with van der Waals surface area (Å²) in [6, 6.07) is 4.67. The van der Waals surface area contributed by atoms with E-state index in [2.05, 4.69) is 15.9 Å². The van der Waals surface area contributed by atoms with Gasteiger partial charge in [0.1, 0.15) is 12.1 Å². The number of carbonyl (C=O) groups is 2. The molecule has 0 aromatic heterocycles. The Kier molecular flexibility index (Phi) is 5.07. The first-order chi connectivity index (χ1) is 8.30. The standard InChI is InChI=1S/C12H10BrF3O2/c13-10-4-8(3-9(5-10)7-17)6-11(18)1-2-12(14,15)16/h3-5,7H,1-2,6H2. The van der Waals surface area contributed by atoms with Gasteiger partial charge in [-0.1, -0.05) is 15.9 Å². The summed E-state index contributed by atoms with van der Waals surface area (Å²) in [7, 11) is 0. The lowest BCUT2D eigenvalue weighted by Gasteiger charge is -2.06. The number of alkyl halides is 3. The van der Waals surface area contributed by atoms with Crippen LogP contribution in [-0.2, 0) is 11.2 Å². The zero-order valence-corrected chi connectivity index (χ0v) is 10.8. The van der Waals surface area contributed by atoms with Crippen LogP contribution in [0.5, 0.6) is 0 Å². The molecule has 0 N–H and O–H groups in total. The molecule has 0 atom stereocenters. The van der Waals surface area contributed by atoms with E-state index in [1.807, 2.05) is 0 Å². The van der Waals surface area contributed by atoms with E-state index in [0.29, 0.717) is 21.9 Å². The van der Waals surface area contributed by atoms with Crippen LogP contribution in [0.3, 0.4) is 0 Å². The predicted octanol–water partition coefficient (Wildman–Crippen LogP) is 3.72. The van der Waals surface area contributed by atoms with E-state index in [1.54, 1.807) is 12.1 Å². The third-order valence-electron chi connectivity index (χ3n) is 2.20. The first-order valence-electron chi connectivity index (χ1n) is 5.13. The molecular formula is C12H10BrF3O2. The maximum absolute atomic E-state index is 11.9. The van der Waals surface area contributed by atoms with Gasteiger partial charge in [0.2, 0.25) is 0 Å². The van der Waals surface area contributed by atoms with Crippen molar-refractivity contribution in [1.29, 1.82) is 0 Å². The van der Waals surface area contributed by atoms with Gasteiger partial charge in [-0.15, -0.1) is 0 Å². The Balaban J connectivity index is 2.64. The zero-order chi connectivity index (χ0) is 13.8. The van der Waals surface area contributed by atoms with E-state index in [4.69, 9.17) is 0 Å². The Bertz CT molecular complexity index is 455. The van der Waals surface area contributed by atoms with E-state index in [1.165, 1.54) is 6.07 Å². The average Bonchev–Trinajstić information content (AvgIpc) is 2.24. The molecule has 0 spiro atoms. The highest BCUT2D eigenvalue weighted by Crippen LogP contribution is 2.22. The highest BCUT2D eigenvalue weighted by atomic mass is 79.9. The molecule has 0 unspecified atom stereocenters. The van der Waals surface area contributed by atoms with Gasteiger partial charge in [0.25, 0.3) is 0 Å². The Morgan fingerprint density at radius 3 is 2.50 bits per heavy atom. The van der Waals surface area contributed by atoms with Crippen LogP contribution < -0.4 is 0 Å². The molecule has 0 heterocycles. The topological polar surface area (TPSA) is 34.1 Å². The molecule has 1 aromatic carbocycles. The largest absolute Gasteiger partial charge is 0.389 e. The third kappa shape index (κ3) is 5.44. The molecule has 0 bridgehead atoms. The van der Waals surface area contributed by atoms with Crippen molar-refractivity contribution < 1.29 is 22.8 Å². The van der Waals surface area contributed by atoms with Gasteiger partial charge in [0.15, 0.2) is 0 Å². The summed E-state index contributed by atoms with van der Waals surface area (Å²) >= 11 is 3.16. The molecular weight excluding hydrogens is 313 g/mol. The highest BCUT2D eigenvalue weighted by molar-refractivity contribution is 9.10. The fourth-order valence-corrected chi connectivity index (χ4v) is 2.00. The molecule has 0 aliphatic carbocycles. The summed E-state index contributed by atoms with van der Waals surface area (Å²) in [5.74, 6) is -0.498. The van der Waals surface area contributed by atoms with Crippen LogP contribution >= 0.6 is 15.9 Å². The van der Waals surface area contributed by atoms with Crippen molar-refractivity contribution in [3.63, 3.8) is 0 Å². The van der Waals surface area contributed by atoms with Crippen LogP contribution in [-0.4, -0.2) is 18.2 Å². The van der Waals surface area contributed by atoms with Crippen molar-refractivity contribution in [2.75, 3.05) is 0 Å². The molecule has 0 saturated carbocycles. The summed E-state index contributed by atoms with van der Waals surface area (Å²) in [5.41, 5.74) is 0.904. The lowest BCUT2D eigenvalue weighted by molar-refractivity contribution is -0.143. The summed E-state index contributed by atoms with van der Waals surface area (Å²) in [6.07, 6.45) is -5.45. The number of rotatable bonds is 5. The minimum Gasteiger partial charge on any atom is -0.299 e. The van der Waals surface area contributed by atoms with E-state index in [0.717, 1.165) is 0 Å². The zero-order valence-electron chi connectivity index (χ0n) is 9.26. The van der Waals surface area contributed by atoms with Crippen molar-refractivity contribution >= 4 is 28.0 Å². The smallest absolute Gasteiger partial charge is 0.299 e. The minimum absolute atomic E-state index is 0.101. The SMILES string of the molecule is O=Cc1cc(Br)cc(CC(=O)CCC(F)(F)F)c1. The number of halogens is 4. The summed E-state index contributed by atoms with van der Waals surface area (Å²) in [4.78, 5) is 22.0. The fraction of sp³-hybridized carbons (Fsp3) is 0.333. The summed E-state index contributed by atoms with van der Waals surface area (Å²) in [5, 5.41) is 0.